The summed E-state index contributed by atoms with van der Waals surface area (Å²) in [5.41, 5.74) is 4.40. The van der Waals surface area contributed by atoms with Gasteiger partial charge in [-0.1, -0.05) is 43.0 Å². The average molecular weight is 271 g/mol. The number of morpholine rings is 1. The van der Waals surface area contributed by atoms with Gasteiger partial charge < -0.3 is 10.1 Å². The Kier molecular flexibility index (Phi) is 2.94. The van der Waals surface area contributed by atoms with Crippen LogP contribution in [-0.2, 0) is 16.8 Å². The molecule has 1 atom stereocenters. The van der Waals surface area contributed by atoms with Crippen molar-refractivity contribution in [3.8, 4) is 0 Å². The highest BCUT2D eigenvalue weighted by Gasteiger charge is 2.49. The molecule has 2 fully saturated rings. The van der Waals surface area contributed by atoms with Crippen molar-refractivity contribution in [3.05, 3.63) is 34.9 Å². The normalized spacial score (nSPS) is 31.6. The molecule has 2 spiro atoms. The molecule has 2 heteroatoms. The second-order valence-electron chi connectivity index (χ2n) is 7.10. The second kappa shape index (κ2) is 4.57. The molecule has 1 saturated carbocycles. The number of ether oxygens (including phenoxy) is 1. The van der Waals surface area contributed by atoms with Gasteiger partial charge in [0.05, 0.1) is 5.60 Å². The lowest BCUT2D eigenvalue weighted by molar-refractivity contribution is -0.195. The standard InChI is InChI=1S/C18H25NO/c1-14-5-6-15-7-10-18(16(15)11-14)13-19-12-17(20-18)8-3-2-4-9-17/h5-6,11,19H,2-4,7-10,12-13H2,1H3. The molecular formula is C18H25NO. The zero-order valence-electron chi connectivity index (χ0n) is 12.5. The van der Waals surface area contributed by atoms with Crippen LogP contribution in [0.1, 0.15) is 55.2 Å². The van der Waals surface area contributed by atoms with Crippen molar-refractivity contribution in [1.29, 1.82) is 0 Å². The maximum atomic E-state index is 6.88. The Hall–Kier alpha value is -0.860. The maximum absolute atomic E-state index is 6.88. The third kappa shape index (κ3) is 1.93. The summed E-state index contributed by atoms with van der Waals surface area (Å²) in [7, 11) is 0. The van der Waals surface area contributed by atoms with E-state index in [1.165, 1.54) is 55.2 Å². The van der Waals surface area contributed by atoms with Crippen molar-refractivity contribution in [1.82, 2.24) is 5.32 Å². The van der Waals surface area contributed by atoms with Gasteiger partial charge in [-0.2, -0.15) is 0 Å². The van der Waals surface area contributed by atoms with Crippen LogP contribution in [-0.4, -0.2) is 18.7 Å². The quantitative estimate of drug-likeness (QED) is 0.780. The Labute approximate surface area is 121 Å². The molecule has 1 aliphatic heterocycles. The van der Waals surface area contributed by atoms with Gasteiger partial charge in [-0.25, -0.2) is 0 Å². The molecule has 108 valence electrons. The highest BCUT2D eigenvalue weighted by Crippen LogP contribution is 2.47. The predicted molar refractivity (Wildman–Crippen MR) is 80.9 cm³/mol. The third-order valence-electron chi connectivity index (χ3n) is 5.59. The second-order valence-corrected chi connectivity index (χ2v) is 7.10. The van der Waals surface area contributed by atoms with Crippen molar-refractivity contribution in [2.45, 2.75) is 63.1 Å². The summed E-state index contributed by atoms with van der Waals surface area (Å²) in [5.74, 6) is 0. The van der Waals surface area contributed by atoms with E-state index in [1.807, 2.05) is 0 Å². The molecule has 1 N–H and O–H groups in total. The van der Waals surface area contributed by atoms with Crippen LogP contribution in [0.25, 0.3) is 0 Å². The van der Waals surface area contributed by atoms with Gasteiger partial charge >= 0.3 is 0 Å². The fraction of sp³-hybridized carbons (Fsp3) is 0.667. The first-order valence-corrected chi connectivity index (χ1v) is 8.22. The van der Waals surface area contributed by atoms with Crippen LogP contribution in [0.4, 0.5) is 0 Å². The molecule has 1 saturated heterocycles. The van der Waals surface area contributed by atoms with Gasteiger partial charge in [0, 0.05) is 13.1 Å². The van der Waals surface area contributed by atoms with Gasteiger partial charge in [0.2, 0.25) is 0 Å². The van der Waals surface area contributed by atoms with Crippen molar-refractivity contribution in [3.63, 3.8) is 0 Å². The van der Waals surface area contributed by atoms with E-state index in [4.69, 9.17) is 4.74 Å². The van der Waals surface area contributed by atoms with Crippen molar-refractivity contribution in [2.75, 3.05) is 13.1 Å². The lowest BCUT2D eigenvalue weighted by atomic mass is 9.81. The molecule has 1 aromatic carbocycles. The van der Waals surface area contributed by atoms with E-state index >= 15 is 0 Å². The van der Waals surface area contributed by atoms with Crippen LogP contribution in [0.3, 0.4) is 0 Å². The largest absolute Gasteiger partial charge is 0.361 e. The minimum absolute atomic E-state index is 0.0447. The summed E-state index contributed by atoms with van der Waals surface area (Å²) in [5, 5.41) is 3.71. The van der Waals surface area contributed by atoms with E-state index in [0.29, 0.717) is 0 Å². The van der Waals surface area contributed by atoms with Crippen LogP contribution in [0.5, 0.6) is 0 Å². The van der Waals surface area contributed by atoms with Gasteiger partial charge in [-0.3, -0.25) is 0 Å². The number of hydrogen-bond donors (Lipinski definition) is 1. The molecule has 1 aromatic rings. The first-order valence-electron chi connectivity index (χ1n) is 8.22. The monoisotopic (exact) mass is 271 g/mol. The molecular weight excluding hydrogens is 246 g/mol. The number of fused-ring (bicyclic) bond motifs is 2. The predicted octanol–water partition coefficient (Wildman–Crippen LogP) is 3.46. The van der Waals surface area contributed by atoms with Crippen molar-refractivity contribution in [2.24, 2.45) is 0 Å². The Balaban J connectivity index is 1.70. The summed E-state index contributed by atoms with van der Waals surface area (Å²) < 4.78 is 6.88. The van der Waals surface area contributed by atoms with Crippen LogP contribution in [0, 0.1) is 6.92 Å². The first-order chi connectivity index (χ1) is 9.72. The van der Waals surface area contributed by atoms with E-state index in [1.54, 1.807) is 0 Å². The highest BCUT2D eigenvalue weighted by atomic mass is 16.5. The molecule has 0 radical (unpaired) electrons. The van der Waals surface area contributed by atoms with E-state index in [0.717, 1.165) is 19.5 Å². The van der Waals surface area contributed by atoms with E-state index < -0.39 is 0 Å². The van der Waals surface area contributed by atoms with E-state index in [2.05, 4.69) is 30.4 Å². The molecule has 20 heavy (non-hydrogen) atoms. The molecule has 0 aromatic heterocycles. The number of nitrogens with one attached hydrogen (secondary N) is 1. The van der Waals surface area contributed by atoms with Crippen LogP contribution >= 0.6 is 0 Å². The minimum atomic E-state index is -0.0447. The average Bonchev–Trinajstić information content (AvgIpc) is 2.78. The molecule has 4 rings (SSSR count). The zero-order chi connectivity index (χ0) is 13.6. The lowest BCUT2D eigenvalue weighted by Gasteiger charge is -2.49. The molecule has 0 bridgehead atoms. The van der Waals surface area contributed by atoms with Crippen LogP contribution < -0.4 is 5.32 Å². The smallest absolute Gasteiger partial charge is 0.107 e. The molecule has 0 amide bonds. The molecule has 1 unspecified atom stereocenters. The fourth-order valence-corrected chi connectivity index (χ4v) is 4.55. The Bertz CT molecular complexity index is 509. The Morgan fingerprint density at radius 2 is 1.90 bits per heavy atom. The van der Waals surface area contributed by atoms with Gasteiger partial charge in [0.25, 0.3) is 0 Å². The van der Waals surface area contributed by atoms with Crippen LogP contribution in [0.15, 0.2) is 18.2 Å². The van der Waals surface area contributed by atoms with Gasteiger partial charge in [-0.15, -0.1) is 0 Å². The number of rotatable bonds is 0. The molecule has 1 heterocycles. The molecule has 2 aliphatic carbocycles. The fourth-order valence-electron chi connectivity index (χ4n) is 4.55. The topological polar surface area (TPSA) is 21.3 Å². The van der Waals surface area contributed by atoms with E-state index in [9.17, 15) is 0 Å². The summed E-state index contributed by atoms with van der Waals surface area (Å²) in [4.78, 5) is 0. The Morgan fingerprint density at radius 1 is 1.05 bits per heavy atom. The number of benzene rings is 1. The summed E-state index contributed by atoms with van der Waals surface area (Å²) in [6.45, 7) is 4.24. The third-order valence-corrected chi connectivity index (χ3v) is 5.59. The van der Waals surface area contributed by atoms with Gasteiger partial charge in [0.15, 0.2) is 0 Å². The van der Waals surface area contributed by atoms with Gasteiger partial charge in [-0.05, 0) is 43.7 Å². The van der Waals surface area contributed by atoms with Crippen molar-refractivity contribution < 1.29 is 4.74 Å². The van der Waals surface area contributed by atoms with Crippen molar-refractivity contribution >= 4 is 0 Å². The summed E-state index contributed by atoms with van der Waals surface area (Å²) in [6, 6.07) is 6.92. The highest BCUT2D eigenvalue weighted by molar-refractivity contribution is 5.41. The SMILES string of the molecule is Cc1ccc2c(c1)C1(CC2)CNCC2(CCCCC2)O1. The molecule has 3 aliphatic rings. The van der Waals surface area contributed by atoms with Crippen LogP contribution in [0.2, 0.25) is 0 Å². The molecule has 2 nitrogen and oxygen atoms in total. The van der Waals surface area contributed by atoms with Gasteiger partial charge in [0.1, 0.15) is 5.60 Å². The summed E-state index contributed by atoms with van der Waals surface area (Å²) >= 11 is 0. The number of aryl methyl sites for hydroxylation is 2. The lowest BCUT2D eigenvalue weighted by Crippen LogP contribution is -2.58. The summed E-state index contributed by atoms with van der Waals surface area (Å²) in [6.07, 6.45) is 8.85. The minimum Gasteiger partial charge on any atom is -0.361 e. The maximum Gasteiger partial charge on any atom is 0.107 e. The first kappa shape index (κ1) is 12.8. The van der Waals surface area contributed by atoms with E-state index in [-0.39, 0.29) is 11.2 Å². The Morgan fingerprint density at radius 3 is 2.75 bits per heavy atom. The number of hydrogen-bond acceptors (Lipinski definition) is 2. The zero-order valence-corrected chi connectivity index (χ0v) is 12.5.